The predicted octanol–water partition coefficient (Wildman–Crippen LogP) is 2.08. The number of carbonyl (C=O) groups excluding carboxylic acids is 1. The van der Waals surface area contributed by atoms with Gasteiger partial charge in [-0.1, -0.05) is 0 Å². The van der Waals surface area contributed by atoms with Crippen LogP contribution in [-0.2, 0) is 9.53 Å². The van der Waals surface area contributed by atoms with Gasteiger partial charge in [0.25, 0.3) is 0 Å². The molecule has 1 aliphatic heterocycles. The molecule has 1 heterocycles. The second-order valence-electron chi connectivity index (χ2n) is 4.46. The Labute approximate surface area is 101 Å². The molecular weight excluding hydrogens is 216 g/mol. The Morgan fingerprint density at radius 1 is 1.59 bits per heavy atom. The Bertz CT molecular complexity index is 412. The van der Waals surface area contributed by atoms with Crippen molar-refractivity contribution in [2.45, 2.75) is 32.3 Å². The first kappa shape index (κ1) is 11.9. The predicted molar refractivity (Wildman–Crippen MR) is 67.8 cm³/mol. The normalized spacial score (nSPS) is 19.2. The lowest BCUT2D eigenvalue weighted by Gasteiger charge is -2.11. The minimum Gasteiger partial charge on any atom is -0.399 e. The summed E-state index contributed by atoms with van der Waals surface area (Å²) < 4.78 is 5.43. The Morgan fingerprint density at radius 3 is 3.06 bits per heavy atom. The highest BCUT2D eigenvalue weighted by Crippen LogP contribution is 2.20. The van der Waals surface area contributed by atoms with E-state index in [-0.39, 0.29) is 12.0 Å². The van der Waals surface area contributed by atoms with E-state index >= 15 is 0 Å². The molecule has 3 N–H and O–H groups in total. The highest BCUT2D eigenvalue weighted by atomic mass is 16.5. The van der Waals surface area contributed by atoms with Crippen LogP contribution in [0.2, 0.25) is 0 Å². The smallest absolute Gasteiger partial charge is 0.226 e. The van der Waals surface area contributed by atoms with E-state index in [0.717, 1.165) is 30.7 Å². The highest BCUT2D eigenvalue weighted by Gasteiger charge is 2.19. The standard InChI is InChI=1S/C13H18N2O2/c1-9-7-10(14)4-5-12(9)15-13(16)8-11-3-2-6-17-11/h4-5,7,11H,2-3,6,8,14H2,1H3,(H,15,16). The zero-order valence-corrected chi connectivity index (χ0v) is 10.0. The van der Waals surface area contributed by atoms with Crippen LogP contribution in [0.5, 0.6) is 0 Å². The van der Waals surface area contributed by atoms with Crippen molar-refractivity contribution in [2.75, 3.05) is 17.7 Å². The maximum absolute atomic E-state index is 11.8. The van der Waals surface area contributed by atoms with E-state index in [1.165, 1.54) is 0 Å². The Balaban J connectivity index is 1.93. The number of carbonyl (C=O) groups is 1. The third kappa shape index (κ3) is 3.20. The summed E-state index contributed by atoms with van der Waals surface area (Å²) in [6, 6.07) is 5.47. The molecule has 0 aliphatic carbocycles. The molecular formula is C13H18N2O2. The number of benzene rings is 1. The van der Waals surface area contributed by atoms with Crippen LogP contribution < -0.4 is 11.1 Å². The molecule has 1 unspecified atom stereocenters. The number of hydrogen-bond donors (Lipinski definition) is 2. The molecule has 0 bridgehead atoms. The number of amides is 1. The van der Waals surface area contributed by atoms with Crippen molar-refractivity contribution in [2.24, 2.45) is 0 Å². The van der Waals surface area contributed by atoms with Gasteiger partial charge in [-0.25, -0.2) is 0 Å². The van der Waals surface area contributed by atoms with Crippen molar-refractivity contribution < 1.29 is 9.53 Å². The van der Waals surface area contributed by atoms with Crippen LogP contribution in [0.3, 0.4) is 0 Å². The molecule has 1 saturated heterocycles. The number of nitrogen functional groups attached to an aromatic ring is 1. The molecule has 2 rings (SSSR count). The SMILES string of the molecule is Cc1cc(N)ccc1NC(=O)CC1CCCO1. The summed E-state index contributed by atoms with van der Waals surface area (Å²) in [5.41, 5.74) is 8.16. The topological polar surface area (TPSA) is 64.3 Å². The quantitative estimate of drug-likeness (QED) is 0.787. The average molecular weight is 234 g/mol. The summed E-state index contributed by atoms with van der Waals surface area (Å²) in [5, 5.41) is 2.89. The molecule has 0 aromatic heterocycles. The number of rotatable bonds is 3. The van der Waals surface area contributed by atoms with Crippen LogP contribution in [0.4, 0.5) is 11.4 Å². The summed E-state index contributed by atoms with van der Waals surface area (Å²) in [7, 11) is 0. The summed E-state index contributed by atoms with van der Waals surface area (Å²) in [5.74, 6) is 0.00442. The van der Waals surface area contributed by atoms with Gasteiger partial charge >= 0.3 is 0 Å². The molecule has 1 atom stereocenters. The second kappa shape index (κ2) is 5.19. The van der Waals surface area contributed by atoms with Gasteiger partial charge in [0, 0.05) is 18.0 Å². The largest absolute Gasteiger partial charge is 0.399 e. The number of anilines is 2. The monoisotopic (exact) mass is 234 g/mol. The molecule has 4 nitrogen and oxygen atoms in total. The molecule has 1 aromatic rings. The van der Waals surface area contributed by atoms with E-state index in [4.69, 9.17) is 10.5 Å². The Kier molecular flexibility index (Phi) is 3.64. The van der Waals surface area contributed by atoms with Crippen molar-refractivity contribution in [1.82, 2.24) is 0 Å². The van der Waals surface area contributed by atoms with E-state index in [1.807, 2.05) is 19.1 Å². The van der Waals surface area contributed by atoms with Crippen LogP contribution in [-0.4, -0.2) is 18.6 Å². The van der Waals surface area contributed by atoms with Crippen LogP contribution >= 0.6 is 0 Å². The van der Waals surface area contributed by atoms with Gasteiger partial charge in [-0.2, -0.15) is 0 Å². The molecule has 0 spiro atoms. The van der Waals surface area contributed by atoms with Crippen LogP contribution in [0, 0.1) is 6.92 Å². The van der Waals surface area contributed by atoms with Crippen molar-refractivity contribution in [3.8, 4) is 0 Å². The first-order valence-corrected chi connectivity index (χ1v) is 5.93. The van der Waals surface area contributed by atoms with E-state index in [0.29, 0.717) is 12.1 Å². The summed E-state index contributed by atoms with van der Waals surface area (Å²) in [4.78, 5) is 11.8. The summed E-state index contributed by atoms with van der Waals surface area (Å²) in [6.45, 7) is 2.71. The average Bonchev–Trinajstić information content (AvgIpc) is 2.75. The van der Waals surface area contributed by atoms with E-state index < -0.39 is 0 Å². The zero-order chi connectivity index (χ0) is 12.3. The van der Waals surface area contributed by atoms with Gasteiger partial charge in [0.15, 0.2) is 0 Å². The second-order valence-corrected chi connectivity index (χ2v) is 4.46. The summed E-state index contributed by atoms with van der Waals surface area (Å²) in [6.07, 6.45) is 2.56. The molecule has 92 valence electrons. The third-order valence-corrected chi connectivity index (χ3v) is 2.96. The van der Waals surface area contributed by atoms with Crippen LogP contribution in [0.25, 0.3) is 0 Å². The molecule has 1 aliphatic rings. The number of aryl methyl sites for hydroxylation is 1. The fraction of sp³-hybridized carbons (Fsp3) is 0.462. The Morgan fingerprint density at radius 2 is 2.41 bits per heavy atom. The van der Waals surface area contributed by atoms with Gasteiger partial charge < -0.3 is 15.8 Å². The minimum atomic E-state index is 0.00442. The lowest BCUT2D eigenvalue weighted by Crippen LogP contribution is -2.19. The first-order valence-electron chi connectivity index (χ1n) is 5.93. The van der Waals surface area contributed by atoms with Crippen molar-refractivity contribution >= 4 is 17.3 Å². The van der Waals surface area contributed by atoms with E-state index in [1.54, 1.807) is 6.07 Å². The molecule has 4 heteroatoms. The molecule has 17 heavy (non-hydrogen) atoms. The van der Waals surface area contributed by atoms with Crippen molar-refractivity contribution in [1.29, 1.82) is 0 Å². The number of nitrogens with two attached hydrogens (primary N) is 1. The molecule has 1 fully saturated rings. The lowest BCUT2D eigenvalue weighted by atomic mass is 10.1. The molecule has 0 saturated carbocycles. The zero-order valence-electron chi connectivity index (χ0n) is 10.0. The summed E-state index contributed by atoms with van der Waals surface area (Å²) >= 11 is 0. The maximum Gasteiger partial charge on any atom is 0.226 e. The molecule has 1 amide bonds. The fourth-order valence-corrected chi connectivity index (χ4v) is 2.04. The number of nitrogens with one attached hydrogen (secondary N) is 1. The van der Waals surface area contributed by atoms with Gasteiger partial charge in [-0.05, 0) is 43.5 Å². The van der Waals surface area contributed by atoms with E-state index in [2.05, 4.69) is 5.32 Å². The first-order chi connectivity index (χ1) is 8.15. The van der Waals surface area contributed by atoms with Gasteiger partial charge in [-0.3, -0.25) is 4.79 Å². The van der Waals surface area contributed by atoms with Gasteiger partial charge in [0.1, 0.15) is 0 Å². The van der Waals surface area contributed by atoms with Crippen LogP contribution in [0.1, 0.15) is 24.8 Å². The number of ether oxygens (including phenoxy) is 1. The van der Waals surface area contributed by atoms with Crippen LogP contribution in [0.15, 0.2) is 18.2 Å². The highest BCUT2D eigenvalue weighted by molar-refractivity contribution is 5.92. The van der Waals surface area contributed by atoms with Gasteiger partial charge in [-0.15, -0.1) is 0 Å². The van der Waals surface area contributed by atoms with Crippen molar-refractivity contribution in [3.63, 3.8) is 0 Å². The lowest BCUT2D eigenvalue weighted by molar-refractivity contribution is -0.118. The van der Waals surface area contributed by atoms with Gasteiger partial charge in [0.05, 0.1) is 12.5 Å². The van der Waals surface area contributed by atoms with Gasteiger partial charge in [0.2, 0.25) is 5.91 Å². The minimum absolute atomic E-state index is 0.00442. The number of hydrogen-bond acceptors (Lipinski definition) is 3. The third-order valence-electron chi connectivity index (χ3n) is 2.96. The van der Waals surface area contributed by atoms with E-state index in [9.17, 15) is 4.79 Å². The fourth-order valence-electron chi connectivity index (χ4n) is 2.04. The maximum atomic E-state index is 11.8. The Hall–Kier alpha value is -1.55. The molecule has 0 radical (unpaired) electrons. The molecule has 1 aromatic carbocycles. The van der Waals surface area contributed by atoms with Crippen molar-refractivity contribution in [3.05, 3.63) is 23.8 Å².